The molecule has 0 unspecified atom stereocenters. The molecule has 1 aromatic rings. The van der Waals surface area contributed by atoms with Gasteiger partial charge in [-0.3, -0.25) is 5.43 Å². The van der Waals surface area contributed by atoms with Gasteiger partial charge in [0.05, 0.1) is 6.10 Å². The molecule has 1 aliphatic rings. The van der Waals surface area contributed by atoms with Crippen molar-refractivity contribution in [1.29, 1.82) is 0 Å². The molecule has 20 heavy (non-hydrogen) atoms. The normalized spacial score (nSPS) is 24.4. The molecule has 0 spiro atoms. The first kappa shape index (κ1) is 15.3. The molecule has 110 valence electrons. The van der Waals surface area contributed by atoms with E-state index in [0.717, 1.165) is 5.56 Å². The van der Waals surface area contributed by atoms with Gasteiger partial charge in [-0.15, -0.1) is 0 Å². The molecule has 0 aliphatic carbocycles. The van der Waals surface area contributed by atoms with Crippen LogP contribution in [0.5, 0.6) is 0 Å². The van der Waals surface area contributed by atoms with E-state index >= 15 is 0 Å². The van der Waals surface area contributed by atoms with Gasteiger partial charge in [0, 0.05) is 5.56 Å². The van der Waals surface area contributed by atoms with Gasteiger partial charge in [0.25, 0.3) is 0 Å². The quantitative estimate of drug-likeness (QED) is 0.501. The first-order chi connectivity index (χ1) is 9.50. The number of thioether (sulfide) groups is 1. The highest BCUT2D eigenvalue weighted by molar-refractivity contribution is 8.15. The van der Waals surface area contributed by atoms with E-state index in [1.54, 1.807) is 0 Å². The fraction of sp³-hybridized carbons (Fsp3) is 0.462. The third-order valence-electron chi connectivity index (χ3n) is 3.06. The third-order valence-corrected chi connectivity index (χ3v) is 4.25. The van der Waals surface area contributed by atoms with Crippen LogP contribution >= 0.6 is 11.8 Å². The number of hydrogen-bond donors (Lipinski definition) is 5. The zero-order chi connectivity index (χ0) is 14.7. The second-order valence-corrected chi connectivity index (χ2v) is 5.79. The van der Waals surface area contributed by atoms with E-state index in [4.69, 9.17) is 0 Å². The molecule has 0 bridgehead atoms. The number of nitrogens with one attached hydrogen (secondary N) is 1. The van der Waals surface area contributed by atoms with Crippen LogP contribution in [0.2, 0.25) is 0 Å². The lowest BCUT2D eigenvalue weighted by atomic mass is 10.0. The second-order valence-electron chi connectivity index (χ2n) is 4.66. The summed E-state index contributed by atoms with van der Waals surface area (Å²) in [5.74, 6) is 0. The number of aliphatic hydroxyl groups excluding tert-OH is 4. The summed E-state index contributed by atoms with van der Waals surface area (Å²) in [4.78, 5) is 0. The van der Waals surface area contributed by atoms with Crippen molar-refractivity contribution in [1.82, 2.24) is 5.43 Å². The Balaban J connectivity index is 1.97. The maximum absolute atomic E-state index is 10.0. The van der Waals surface area contributed by atoms with E-state index < -0.39 is 29.8 Å². The first-order valence-corrected chi connectivity index (χ1v) is 7.16. The van der Waals surface area contributed by atoms with Crippen LogP contribution in [0, 0.1) is 0 Å². The van der Waals surface area contributed by atoms with Gasteiger partial charge in [0.1, 0.15) is 28.7 Å². The zero-order valence-electron chi connectivity index (χ0n) is 10.9. The van der Waals surface area contributed by atoms with E-state index in [9.17, 15) is 20.4 Å². The molecule has 1 aromatic carbocycles. The van der Waals surface area contributed by atoms with Crippen LogP contribution in [0.15, 0.2) is 35.4 Å². The van der Waals surface area contributed by atoms with E-state index in [1.165, 1.54) is 18.7 Å². The lowest BCUT2D eigenvalue weighted by Gasteiger charge is -2.27. The van der Waals surface area contributed by atoms with Crippen molar-refractivity contribution >= 4 is 16.8 Å². The summed E-state index contributed by atoms with van der Waals surface area (Å²) >= 11 is 1.27. The summed E-state index contributed by atoms with van der Waals surface area (Å²) in [6.45, 7) is 1.35. The number of nitrogens with zero attached hydrogens (tertiary/aromatic N) is 1. The molecule has 0 saturated carbocycles. The van der Waals surface area contributed by atoms with E-state index in [0.29, 0.717) is 5.04 Å². The number of aliphatic hydroxyl groups is 4. The molecular weight excluding hydrogens is 280 g/mol. The van der Waals surface area contributed by atoms with Gasteiger partial charge in [-0.1, -0.05) is 42.1 Å². The molecule has 6 nitrogen and oxygen atoms in total. The van der Waals surface area contributed by atoms with Crippen LogP contribution in [-0.4, -0.2) is 55.3 Å². The number of benzene rings is 1. The molecule has 1 heterocycles. The van der Waals surface area contributed by atoms with Crippen LogP contribution in [0.25, 0.3) is 0 Å². The molecule has 0 amide bonds. The van der Waals surface area contributed by atoms with Crippen molar-refractivity contribution in [3.8, 4) is 0 Å². The first-order valence-electron chi connectivity index (χ1n) is 6.28. The fourth-order valence-corrected chi connectivity index (χ4v) is 2.85. The Bertz CT molecular complexity index is 469. The van der Waals surface area contributed by atoms with Gasteiger partial charge in [-0.2, -0.15) is 5.10 Å². The Kier molecular flexibility index (Phi) is 5.00. The van der Waals surface area contributed by atoms with Gasteiger partial charge in [0.15, 0.2) is 0 Å². The predicted octanol–water partition coefficient (Wildman–Crippen LogP) is -0.526. The Morgan fingerprint density at radius 3 is 2.35 bits per heavy atom. The van der Waals surface area contributed by atoms with Gasteiger partial charge >= 0.3 is 0 Å². The van der Waals surface area contributed by atoms with Crippen molar-refractivity contribution in [3.63, 3.8) is 0 Å². The van der Waals surface area contributed by atoms with Gasteiger partial charge in [-0.05, 0) is 6.92 Å². The Morgan fingerprint density at radius 2 is 1.75 bits per heavy atom. The highest BCUT2D eigenvalue weighted by Crippen LogP contribution is 2.26. The third kappa shape index (κ3) is 3.31. The van der Waals surface area contributed by atoms with Crippen molar-refractivity contribution in [2.24, 2.45) is 5.10 Å². The molecule has 1 aliphatic heterocycles. The fourth-order valence-electron chi connectivity index (χ4n) is 1.82. The summed E-state index contributed by atoms with van der Waals surface area (Å²) in [6.07, 6.45) is -5.24. The second kappa shape index (κ2) is 6.55. The van der Waals surface area contributed by atoms with E-state index in [-0.39, 0.29) is 0 Å². The summed E-state index contributed by atoms with van der Waals surface area (Å²) in [5, 5.41) is 42.9. The van der Waals surface area contributed by atoms with Crippen LogP contribution in [-0.2, 0) is 0 Å². The molecule has 0 saturated heterocycles. The van der Waals surface area contributed by atoms with Crippen LogP contribution in [0.4, 0.5) is 0 Å². The minimum Gasteiger partial charge on any atom is -0.391 e. The molecule has 7 heteroatoms. The Hall–Kier alpha value is -1.12. The van der Waals surface area contributed by atoms with Crippen LogP contribution < -0.4 is 5.43 Å². The number of hydrazone groups is 1. The minimum absolute atomic E-state index is 0.575. The highest BCUT2D eigenvalue weighted by Gasteiger charge is 2.36. The van der Waals surface area contributed by atoms with Crippen molar-refractivity contribution in [2.75, 3.05) is 0 Å². The molecule has 0 aromatic heterocycles. The average Bonchev–Trinajstić information content (AvgIpc) is 2.95. The zero-order valence-corrected chi connectivity index (χ0v) is 11.7. The van der Waals surface area contributed by atoms with Crippen molar-refractivity contribution in [2.45, 2.75) is 36.7 Å². The van der Waals surface area contributed by atoms with Gasteiger partial charge in [0.2, 0.25) is 0 Å². The minimum atomic E-state index is -1.45. The largest absolute Gasteiger partial charge is 0.391 e. The van der Waals surface area contributed by atoms with Gasteiger partial charge < -0.3 is 20.4 Å². The number of hydrogen-bond acceptors (Lipinski definition) is 7. The van der Waals surface area contributed by atoms with Crippen LogP contribution in [0.1, 0.15) is 12.5 Å². The monoisotopic (exact) mass is 298 g/mol. The van der Waals surface area contributed by atoms with Crippen LogP contribution in [0.3, 0.4) is 0 Å². The predicted molar refractivity (Wildman–Crippen MR) is 77.2 cm³/mol. The lowest BCUT2D eigenvalue weighted by Crippen LogP contribution is -2.49. The summed E-state index contributed by atoms with van der Waals surface area (Å²) in [5.41, 5.74) is 3.64. The van der Waals surface area contributed by atoms with Crippen molar-refractivity contribution < 1.29 is 20.4 Å². The maximum Gasteiger partial charge on any atom is 0.125 e. The summed E-state index contributed by atoms with van der Waals surface area (Å²) < 4.78 is 0. The number of rotatable bonds is 5. The van der Waals surface area contributed by atoms with E-state index in [1.807, 2.05) is 30.3 Å². The van der Waals surface area contributed by atoms with Gasteiger partial charge in [-0.25, -0.2) is 0 Å². The van der Waals surface area contributed by atoms with E-state index in [2.05, 4.69) is 10.5 Å². The molecule has 5 N–H and O–H groups in total. The average molecular weight is 298 g/mol. The SMILES string of the molecule is C[C@H](O)[C@H](O)[C@H](O)[C@@H](O)[C@H]1NN=C(c2ccccc2)S1. The standard InChI is InChI=1S/C13H18N2O4S/c1-7(16)9(17)10(18)11(19)13-15-14-12(20-13)8-5-3-2-4-6-8/h2-7,9-11,13,15-19H,1H3/t7-,9-,10-,11+,13-/m0/s1. The Labute approximate surface area is 121 Å². The Morgan fingerprint density at radius 1 is 1.10 bits per heavy atom. The topological polar surface area (TPSA) is 105 Å². The molecule has 2 rings (SSSR count). The highest BCUT2D eigenvalue weighted by atomic mass is 32.2. The summed E-state index contributed by atoms with van der Waals surface area (Å²) in [6, 6.07) is 9.45. The molecule has 5 atom stereocenters. The lowest BCUT2D eigenvalue weighted by molar-refractivity contribution is -0.101. The van der Waals surface area contributed by atoms with Crippen molar-refractivity contribution in [3.05, 3.63) is 35.9 Å². The maximum atomic E-state index is 10.0. The molecular formula is C13H18N2O4S. The molecule has 0 fully saturated rings. The molecule has 0 radical (unpaired) electrons. The summed E-state index contributed by atoms with van der Waals surface area (Å²) in [7, 11) is 0. The smallest absolute Gasteiger partial charge is 0.125 e.